The summed E-state index contributed by atoms with van der Waals surface area (Å²) in [5.41, 5.74) is 2.08. The summed E-state index contributed by atoms with van der Waals surface area (Å²) in [5, 5.41) is 13.0. The van der Waals surface area contributed by atoms with Crippen molar-refractivity contribution in [2.24, 2.45) is 5.92 Å². The Morgan fingerprint density at radius 1 is 1.12 bits per heavy atom. The van der Waals surface area contributed by atoms with Crippen LogP contribution in [0.25, 0.3) is 0 Å². The van der Waals surface area contributed by atoms with Gasteiger partial charge >= 0.3 is 6.03 Å². The second-order valence-corrected chi connectivity index (χ2v) is 11.1. The Balaban J connectivity index is 1.88. The van der Waals surface area contributed by atoms with E-state index >= 15 is 0 Å². The number of aliphatic hydroxyl groups excluding tert-OH is 1. The van der Waals surface area contributed by atoms with E-state index in [0.717, 1.165) is 30.6 Å². The van der Waals surface area contributed by atoms with Crippen LogP contribution in [0.4, 0.5) is 16.2 Å². The highest BCUT2D eigenvalue weighted by molar-refractivity contribution is 5.98. The van der Waals surface area contributed by atoms with E-state index in [9.17, 15) is 14.7 Å². The Hall–Kier alpha value is -3.30. The second kappa shape index (κ2) is 14.9. The summed E-state index contributed by atoms with van der Waals surface area (Å²) in [6.07, 6.45) is 2.21. The molecule has 0 fully saturated rings. The minimum Gasteiger partial charge on any atom is -0.490 e. The lowest BCUT2D eigenvalue weighted by atomic mass is 10.0. The fraction of sp³-hybridized carbons (Fsp3) is 0.548. The number of benzene rings is 2. The monoisotopic (exact) mass is 554 g/mol. The Morgan fingerprint density at radius 2 is 1.85 bits per heavy atom. The molecule has 2 aromatic rings. The average molecular weight is 555 g/mol. The van der Waals surface area contributed by atoms with Crippen LogP contribution in [0.2, 0.25) is 0 Å². The summed E-state index contributed by atoms with van der Waals surface area (Å²) in [7, 11) is 5.61. The van der Waals surface area contributed by atoms with E-state index in [0.29, 0.717) is 31.0 Å². The molecule has 1 aliphatic rings. The lowest BCUT2D eigenvalue weighted by molar-refractivity contribution is -0.0115. The zero-order chi connectivity index (χ0) is 29.2. The maximum Gasteiger partial charge on any atom is 0.321 e. The van der Waals surface area contributed by atoms with E-state index in [1.165, 1.54) is 0 Å². The van der Waals surface area contributed by atoms with Gasteiger partial charge in [0.25, 0.3) is 5.91 Å². The standard InChI is InChI=1S/C31H46N4O5/c1-22-19-35(23(2)21-36)30(37)27-18-26(33(4)5)15-16-28(27)40-24(3)12-10-11-17-39-29(22)20-34(6)31(38)32-25-13-8-7-9-14-25/h7-9,13-16,18,22-24,29,36H,10-12,17,19-21H2,1-6H3,(H,32,38)/t22-,23-,24+,29-/m1/s1. The first-order valence-electron chi connectivity index (χ1n) is 14.2. The topological polar surface area (TPSA) is 94.6 Å². The van der Waals surface area contributed by atoms with E-state index in [1.54, 1.807) is 16.8 Å². The van der Waals surface area contributed by atoms with Crippen LogP contribution in [0, 0.1) is 5.92 Å². The van der Waals surface area contributed by atoms with Crippen molar-refractivity contribution in [1.29, 1.82) is 0 Å². The summed E-state index contributed by atoms with van der Waals surface area (Å²) in [6, 6.07) is 14.4. The van der Waals surface area contributed by atoms with Crippen molar-refractivity contribution >= 4 is 23.3 Å². The maximum absolute atomic E-state index is 14.1. The first-order valence-corrected chi connectivity index (χ1v) is 14.2. The van der Waals surface area contributed by atoms with E-state index in [1.807, 2.05) is 88.3 Å². The van der Waals surface area contributed by atoms with Crippen LogP contribution in [0.5, 0.6) is 5.75 Å². The van der Waals surface area contributed by atoms with Crippen molar-refractivity contribution in [3.63, 3.8) is 0 Å². The van der Waals surface area contributed by atoms with Gasteiger partial charge in [-0.2, -0.15) is 0 Å². The van der Waals surface area contributed by atoms with E-state index in [-0.39, 0.29) is 36.7 Å². The number of para-hydroxylation sites is 1. The van der Waals surface area contributed by atoms with Gasteiger partial charge in [0.2, 0.25) is 0 Å². The van der Waals surface area contributed by atoms with Gasteiger partial charge in [-0.25, -0.2) is 4.79 Å². The molecule has 4 atom stereocenters. The second-order valence-electron chi connectivity index (χ2n) is 11.1. The molecule has 0 saturated heterocycles. The molecular formula is C31H46N4O5. The van der Waals surface area contributed by atoms with E-state index in [4.69, 9.17) is 9.47 Å². The van der Waals surface area contributed by atoms with Crippen LogP contribution in [0.15, 0.2) is 48.5 Å². The van der Waals surface area contributed by atoms with Crippen molar-refractivity contribution in [2.45, 2.75) is 58.3 Å². The number of aliphatic hydroxyl groups is 1. The van der Waals surface area contributed by atoms with Gasteiger partial charge in [0.1, 0.15) is 5.75 Å². The number of carbonyl (C=O) groups excluding carboxylic acids is 2. The van der Waals surface area contributed by atoms with Crippen LogP contribution in [-0.2, 0) is 4.74 Å². The number of rotatable bonds is 6. The SMILES string of the molecule is C[C@@H]1CN([C@H](C)CO)C(=O)c2cc(N(C)C)ccc2O[C@@H](C)CCCCO[C@@H]1CN(C)C(=O)Nc1ccccc1. The molecule has 3 amide bonds. The smallest absolute Gasteiger partial charge is 0.321 e. The summed E-state index contributed by atoms with van der Waals surface area (Å²) in [6.45, 7) is 6.95. The number of carbonyl (C=O) groups is 2. The van der Waals surface area contributed by atoms with E-state index < -0.39 is 6.04 Å². The van der Waals surface area contributed by atoms with Gasteiger partial charge in [-0.3, -0.25) is 4.79 Å². The van der Waals surface area contributed by atoms with Crippen LogP contribution < -0.4 is 15.0 Å². The first-order chi connectivity index (χ1) is 19.1. The number of urea groups is 1. The van der Waals surface area contributed by atoms with Crippen LogP contribution in [-0.4, -0.2) is 92.5 Å². The molecule has 0 aliphatic carbocycles. The molecule has 9 nitrogen and oxygen atoms in total. The third-order valence-electron chi connectivity index (χ3n) is 7.38. The van der Waals surface area contributed by atoms with Crippen molar-refractivity contribution < 1.29 is 24.2 Å². The lowest BCUT2D eigenvalue weighted by Crippen LogP contribution is -2.48. The van der Waals surface area contributed by atoms with Crippen molar-refractivity contribution in [3.05, 3.63) is 54.1 Å². The van der Waals surface area contributed by atoms with E-state index in [2.05, 4.69) is 5.32 Å². The summed E-state index contributed by atoms with van der Waals surface area (Å²) < 4.78 is 12.6. The molecule has 3 rings (SSSR count). The fourth-order valence-corrected chi connectivity index (χ4v) is 4.74. The highest BCUT2D eigenvalue weighted by atomic mass is 16.5. The number of nitrogens with one attached hydrogen (secondary N) is 1. The molecule has 9 heteroatoms. The first kappa shape index (κ1) is 31.2. The molecule has 0 saturated carbocycles. The van der Waals surface area contributed by atoms with Crippen LogP contribution in [0.1, 0.15) is 50.4 Å². The molecule has 0 radical (unpaired) electrons. The number of hydrogen-bond acceptors (Lipinski definition) is 6. The third-order valence-corrected chi connectivity index (χ3v) is 7.38. The molecule has 0 bridgehead atoms. The Kier molecular flexibility index (Phi) is 11.6. The maximum atomic E-state index is 14.1. The number of amides is 3. The molecule has 0 unspecified atom stereocenters. The minimum atomic E-state index is -0.420. The molecule has 0 aromatic heterocycles. The molecule has 220 valence electrons. The fourth-order valence-electron chi connectivity index (χ4n) is 4.74. The van der Waals surface area contributed by atoms with Gasteiger partial charge in [0.05, 0.1) is 30.4 Å². The van der Waals surface area contributed by atoms with Gasteiger partial charge in [0.15, 0.2) is 0 Å². The molecule has 2 N–H and O–H groups in total. The lowest BCUT2D eigenvalue weighted by Gasteiger charge is -2.36. The predicted molar refractivity (Wildman–Crippen MR) is 159 cm³/mol. The number of hydrogen-bond donors (Lipinski definition) is 2. The molecular weight excluding hydrogens is 508 g/mol. The zero-order valence-corrected chi connectivity index (χ0v) is 24.8. The van der Waals surface area contributed by atoms with Gasteiger partial charge in [-0.15, -0.1) is 0 Å². The quantitative estimate of drug-likeness (QED) is 0.537. The van der Waals surface area contributed by atoms with Crippen molar-refractivity contribution in [3.8, 4) is 5.75 Å². The van der Waals surface area contributed by atoms with Gasteiger partial charge in [0, 0.05) is 58.1 Å². The molecule has 0 spiro atoms. The number of likely N-dealkylation sites (N-methyl/N-ethyl adjacent to an activating group) is 1. The largest absolute Gasteiger partial charge is 0.490 e. The summed E-state index contributed by atoms with van der Waals surface area (Å²) in [5.74, 6) is 0.228. The van der Waals surface area contributed by atoms with Gasteiger partial charge in [-0.05, 0) is 63.4 Å². The average Bonchev–Trinajstić information content (AvgIpc) is 2.94. The van der Waals surface area contributed by atoms with Crippen LogP contribution in [0.3, 0.4) is 0 Å². The number of anilines is 2. The zero-order valence-electron chi connectivity index (χ0n) is 24.8. The van der Waals surface area contributed by atoms with Gasteiger partial charge < -0.3 is 34.6 Å². The Morgan fingerprint density at radius 3 is 2.52 bits per heavy atom. The number of nitrogens with zero attached hydrogens (tertiary/aromatic N) is 3. The van der Waals surface area contributed by atoms with Crippen molar-refractivity contribution in [2.75, 3.05) is 57.7 Å². The molecule has 40 heavy (non-hydrogen) atoms. The number of fused-ring (bicyclic) bond motifs is 1. The third kappa shape index (κ3) is 8.60. The van der Waals surface area contributed by atoms with Gasteiger partial charge in [-0.1, -0.05) is 25.1 Å². The number of ether oxygens (including phenoxy) is 2. The Bertz CT molecular complexity index is 1100. The van der Waals surface area contributed by atoms with Crippen molar-refractivity contribution in [1.82, 2.24) is 9.80 Å². The highest BCUT2D eigenvalue weighted by Crippen LogP contribution is 2.29. The highest BCUT2D eigenvalue weighted by Gasteiger charge is 2.31. The molecule has 1 heterocycles. The molecule has 2 aromatic carbocycles. The minimum absolute atomic E-state index is 0.0778. The molecule has 1 aliphatic heterocycles. The predicted octanol–water partition coefficient (Wildman–Crippen LogP) is 4.71. The normalized spacial score (nSPS) is 21.4. The summed E-state index contributed by atoms with van der Waals surface area (Å²) >= 11 is 0. The Labute approximate surface area is 239 Å². The summed E-state index contributed by atoms with van der Waals surface area (Å²) in [4.78, 5) is 32.3. The van der Waals surface area contributed by atoms with Crippen LogP contribution >= 0.6 is 0 Å².